The highest BCUT2D eigenvalue weighted by molar-refractivity contribution is 6.14. The quantitative estimate of drug-likeness (QED) is 0.274. The van der Waals surface area contributed by atoms with Gasteiger partial charge in [-0.2, -0.15) is 0 Å². The van der Waals surface area contributed by atoms with Crippen molar-refractivity contribution in [1.29, 1.82) is 0 Å². The third-order valence-corrected chi connectivity index (χ3v) is 4.90. The van der Waals surface area contributed by atoms with Gasteiger partial charge in [-0.15, -0.1) is 0 Å². The lowest BCUT2D eigenvalue weighted by atomic mass is 9.93. The topological polar surface area (TPSA) is 71.1 Å². The number of benzene rings is 3. The van der Waals surface area contributed by atoms with Crippen LogP contribution in [-0.2, 0) is 22.3 Å². The predicted octanol–water partition coefficient (Wildman–Crippen LogP) is 6.19. The SMILES string of the molecule is CCOC(=O)Oc1c2cccc(CC)c2c(OC(=O)OCC)c2cccc(CC)c12. The molecule has 0 N–H and O–H groups in total. The lowest BCUT2D eigenvalue weighted by Gasteiger charge is -2.19. The van der Waals surface area contributed by atoms with E-state index in [0.717, 1.165) is 11.1 Å². The number of fused-ring (bicyclic) bond motifs is 2. The summed E-state index contributed by atoms with van der Waals surface area (Å²) in [6, 6.07) is 11.4. The maximum absolute atomic E-state index is 12.3. The summed E-state index contributed by atoms with van der Waals surface area (Å²) in [7, 11) is 0. The molecule has 3 aromatic carbocycles. The van der Waals surface area contributed by atoms with Crippen LogP contribution in [0.1, 0.15) is 38.8 Å². The Labute approximate surface area is 175 Å². The highest BCUT2D eigenvalue weighted by Crippen LogP contribution is 2.46. The molecule has 0 bridgehead atoms. The van der Waals surface area contributed by atoms with Gasteiger partial charge in [-0.1, -0.05) is 50.2 Å². The van der Waals surface area contributed by atoms with Crippen LogP contribution in [0.2, 0.25) is 0 Å². The number of ether oxygens (including phenoxy) is 4. The molecule has 6 heteroatoms. The number of aryl methyl sites for hydroxylation is 2. The van der Waals surface area contributed by atoms with E-state index in [0.29, 0.717) is 45.9 Å². The van der Waals surface area contributed by atoms with Gasteiger partial charge in [-0.25, -0.2) is 9.59 Å². The molecule has 0 aromatic heterocycles. The highest BCUT2D eigenvalue weighted by atomic mass is 16.7. The van der Waals surface area contributed by atoms with Crippen LogP contribution in [0.5, 0.6) is 11.5 Å². The second-order valence-corrected chi connectivity index (χ2v) is 6.61. The zero-order chi connectivity index (χ0) is 21.7. The van der Waals surface area contributed by atoms with Gasteiger partial charge in [0.25, 0.3) is 0 Å². The molecule has 0 fully saturated rings. The Kier molecular flexibility index (Phi) is 6.77. The number of hydrogen-bond donors (Lipinski definition) is 0. The van der Waals surface area contributed by atoms with E-state index in [1.54, 1.807) is 13.8 Å². The molecule has 0 aliphatic heterocycles. The second-order valence-electron chi connectivity index (χ2n) is 6.61. The molecule has 0 atom stereocenters. The normalized spacial score (nSPS) is 10.8. The summed E-state index contributed by atoms with van der Waals surface area (Å²) in [5.74, 6) is 0.810. The second kappa shape index (κ2) is 9.48. The average molecular weight is 410 g/mol. The average Bonchev–Trinajstić information content (AvgIpc) is 2.75. The summed E-state index contributed by atoms with van der Waals surface area (Å²) in [6.45, 7) is 7.89. The molecule has 0 heterocycles. The van der Waals surface area contributed by atoms with Gasteiger partial charge in [0.05, 0.1) is 13.2 Å². The lowest BCUT2D eigenvalue weighted by molar-refractivity contribution is 0.103. The van der Waals surface area contributed by atoms with Crippen LogP contribution < -0.4 is 9.47 Å². The zero-order valence-corrected chi connectivity index (χ0v) is 17.7. The van der Waals surface area contributed by atoms with Crippen molar-refractivity contribution in [1.82, 2.24) is 0 Å². The van der Waals surface area contributed by atoms with E-state index in [-0.39, 0.29) is 13.2 Å². The van der Waals surface area contributed by atoms with Crippen LogP contribution in [0.3, 0.4) is 0 Å². The van der Waals surface area contributed by atoms with Gasteiger partial charge in [-0.3, -0.25) is 0 Å². The minimum Gasteiger partial charge on any atom is -0.434 e. The molecular weight excluding hydrogens is 384 g/mol. The summed E-state index contributed by atoms with van der Waals surface area (Å²) >= 11 is 0. The Balaban J connectivity index is 2.43. The van der Waals surface area contributed by atoms with Crippen molar-refractivity contribution in [2.24, 2.45) is 0 Å². The fraction of sp³-hybridized carbons (Fsp3) is 0.333. The lowest BCUT2D eigenvalue weighted by Crippen LogP contribution is -2.13. The van der Waals surface area contributed by atoms with Crippen molar-refractivity contribution < 1.29 is 28.5 Å². The number of rotatable bonds is 6. The Morgan fingerprint density at radius 1 is 0.667 bits per heavy atom. The smallest absolute Gasteiger partial charge is 0.434 e. The molecule has 0 amide bonds. The van der Waals surface area contributed by atoms with Gasteiger partial charge >= 0.3 is 12.3 Å². The van der Waals surface area contributed by atoms with Crippen LogP contribution in [0.25, 0.3) is 21.5 Å². The van der Waals surface area contributed by atoms with Crippen molar-refractivity contribution in [2.75, 3.05) is 13.2 Å². The molecule has 0 saturated heterocycles. The Hall–Kier alpha value is -3.28. The summed E-state index contributed by atoms with van der Waals surface area (Å²) in [5.41, 5.74) is 1.92. The summed E-state index contributed by atoms with van der Waals surface area (Å²) in [6.07, 6.45) is -0.137. The zero-order valence-electron chi connectivity index (χ0n) is 17.7. The molecule has 3 aromatic rings. The van der Waals surface area contributed by atoms with Crippen LogP contribution >= 0.6 is 0 Å². The number of hydrogen-bond acceptors (Lipinski definition) is 6. The summed E-state index contributed by atoms with van der Waals surface area (Å²) in [5, 5.41) is 2.78. The third kappa shape index (κ3) is 4.03. The van der Waals surface area contributed by atoms with Crippen molar-refractivity contribution in [2.45, 2.75) is 40.5 Å². The molecule has 0 spiro atoms. The van der Waals surface area contributed by atoms with E-state index in [9.17, 15) is 9.59 Å². The van der Waals surface area contributed by atoms with Gasteiger partial charge in [-0.05, 0) is 37.8 Å². The molecule has 3 rings (SSSR count). The Morgan fingerprint density at radius 3 is 1.40 bits per heavy atom. The summed E-state index contributed by atoms with van der Waals surface area (Å²) < 4.78 is 21.5. The van der Waals surface area contributed by atoms with Crippen LogP contribution in [0.15, 0.2) is 36.4 Å². The minimum absolute atomic E-state index is 0.208. The van der Waals surface area contributed by atoms with Crippen molar-refractivity contribution in [3.8, 4) is 11.5 Å². The monoisotopic (exact) mass is 410 g/mol. The molecule has 0 saturated carbocycles. The highest BCUT2D eigenvalue weighted by Gasteiger charge is 2.24. The first kappa shape index (κ1) is 21.4. The van der Waals surface area contributed by atoms with E-state index < -0.39 is 12.3 Å². The molecule has 6 nitrogen and oxygen atoms in total. The molecule has 0 radical (unpaired) electrons. The molecule has 0 aliphatic carbocycles. The third-order valence-electron chi connectivity index (χ3n) is 4.90. The van der Waals surface area contributed by atoms with Crippen molar-refractivity contribution in [3.63, 3.8) is 0 Å². The van der Waals surface area contributed by atoms with Crippen LogP contribution in [0.4, 0.5) is 9.59 Å². The van der Waals surface area contributed by atoms with Gasteiger partial charge in [0.1, 0.15) is 0 Å². The van der Waals surface area contributed by atoms with E-state index in [1.165, 1.54) is 0 Å². The maximum atomic E-state index is 12.3. The predicted molar refractivity (Wildman–Crippen MR) is 116 cm³/mol. The van der Waals surface area contributed by atoms with E-state index >= 15 is 0 Å². The first-order valence-corrected chi connectivity index (χ1v) is 10.2. The van der Waals surface area contributed by atoms with E-state index in [1.807, 2.05) is 50.2 Å². The van der Waals surface area contributed by atoms with E-state index in [2.05, 4.69) is 0 Å². The Bertz CT molecular complexity index is 999. The van der Waals surface area contributed by atoms with Gasteiger partial charge in [0.2, 0.25) is 0 Å². The fourth-order valence-corrected chi connectivity index (χ4v) is 3.65. The van der Waals surface area contributed by atoms with Gasteiger partial charge in [0.15, 0.2) is 11.5 Å². The maximum Gasteiger partial charge on any atom is 0.513 e. The Morgan fingerprint density at radius 2 is 1.07 bits per heavy atom. The van der Waals surface area contributed by atoms with E-state index in [4.69, 9.17) is 18.9 Å². The van der Waals surface area contributed by atoms with Crippen molar-refractivity contribution >= 4 is 33.9 Å². The summed E-state index contributed by atoms with van der Waals surface area (Å²) in [4.78, 5) is 24.5. The molecule has 0 aliphatic rings. The van der Waals surface area contributed by atoms with Crippen LogP contribution in [0, 0.1) is 0 Å². The van der Waals surface area contributed by atoms with Crippen molar-refractivity contribution in [3.05, 3.63) is 47.5 Å². The molecule has 158 valence electrons. The van der Waals surface area contributed by atoms with Gasteiger partial charge in [0, 0.05) is 21.5 Å². The standard InChI is InChI=1S/C24H26O6/c1-5-15-11-9-13-17-19(15)21(29-23(25)27-7-3)18-14-10-12-16(6-2)20(18)22(17)30-24(26)28-8-4/h9-14H,5-8H2,1-4H3. The largest absolute Gasteiger partial charge is 0.513 e. The first-order chi connectivity index (χ1) is 14.5. The first-order valence-electron chi connectivity index (χ1n) is 10.2. The molecule has 0 unspecified atom stereocenters. The fourth-order valence-electron chi connectivity index (χ4n) is 3.65. The number of carbonyl (C=O) groups is 2. The molecular formula is C24H26O6. The van der Waals surface area contributed by atoms with Gasteiger partial charge < -0.3 is 18.9 Å². The molecule has 30 heavy (non-hydrogen) atoms. The minimum atomic E-state index is -0.771. The number of carbonyl (C=O) groups excluding carboxylic acids is 2. The van der Waals surface area contributed by atoms with Crippen LogP contribution in [-0.4, -0.2) is 25.5 Å².